The first-order valence-electron chi connectivity index (χ1n) is 7.61. The smallest absolute Gasteiger partial charge is 0.337 e. The van der Waals surface area contributed by atoms with Gasteiger partial charge >= 0.3 is 5.97 Å². The highest BCUT2D eigenvalue weighted by molar-refractivity contribution is 6.32. The van der Waals surface area contributed by atoms with Crippen molar-refractivity contribution in [3.05, 3.63) is 28.8 Å². The van der Waals surface area contributed by atoms with Crippen molar-refractivity contribution >= 4 is 23.5 Å². The van der Waals surface area contributed by atoms with Crippen LogP contribution in [0, 0.1) is 6.92 Å². The van der Waals surface area contributed by atoms with Crippen molar-refractivity contribution < 1.29 is 24.2 Å². The van der Waals surface area contributed by atoms with Gasteiger partial charge in [0, 0.05) is 0 Å². The molecule has 0 aliphatic carbocycles. The maximum Gasteiger partial charge on any atom is 0.337 e. The number of esters is 1. The van der Waals surface area contributed by atoms with E-state index >= 15 is 0 Å². The molecule has 24 heavy (non-hydrogen) atoms. The van der Waals surface area contributed by atoms with Crippen LogP contribution in [-0.4, -0.2) is 41.3 Å². The third-order valence-corrected chi connectivity index (χ3v) is 3.22. The van der Waals surface area contributed by atoms with E-state index in [1.54, 1.807) is 39.8 Å². The molecule has 2 atom stereocenters. The Morgan fingerprint density at radius 2 is 1.96 bits per heavy atom. The second-order valence-corrected chi connectivity index (χ2v) is 6.90. The first-order chi connectivity index (χ1) is 11.0. The van der Waals surface area contributed by atoms with Gasteiger partial charge in [-0.15, -0.1) is 0 Å². The fourth-order valence-electron chi connectivity index (χ4n) is 1.74. The monoisotopic (exact) mass is 357 g/mol. The van der Waals surface area contributed by atoms with Gasteiger partial charge in [-0.1, -0.05) is 17.7 Å². The number of rotatable bonds is 6. The average Bonchev–Trinajstić information content (AvgIpc) is 2.46. The van der Waals surface area contributed by atoms with E-state index in [9.17, 15) is 14.7 Å². The number of ether oxygens (including phenoxy) is 2. The average molecular weight is 358 g/mol. The van der Waals surface area contributed by atoms with Crippen molar-refractivity contribution in [1.82, 2.24) is 5.32 Å². The Balaban J connectivity index is 2.52. The summed E-state index contributed by atoms with van der Waals surface area (Å²) in [7, 11) is 0. The molecule has 0 spiro atoms. The van der Waals surface area contributed by atoms with Crippen molar-refractivity contribution in [3.63, 3.8) is 0 Å². The van der Waals surface area contributed by atoms with Gasteiger partial charge < -0.3 is 19.9 Å². The van der Waals surface area contributed by atoms with Gasteiger partial charge in [0.2, 0.25) is 0 Å². The molecule has 7 heteroatoms. The molecule has 0 aliphatic rings. The zero-order valence-corrected chi connectivity index (χ0v) is 15.3. The van der Waals surface area contributed by atoms with Gasteiger partial charge in [-0.2, -0.15) is 0 Å². The second kappa shape index (κ2) is 8.35. The van der Waals surface area contributed by atoms with E-state index in [1.807, 2.05) is 13.0 Å². The summed E-state index contributed by atoms with van der Waals surface area (Å²) in [6, 6.07) is 5.24. The third kappa shape index (κ3) is 6.76. The Hall–Kier alpha value is -1.79. The van der Waals surface area contributed by atoms with E-state index in [2.05, 4.69) is 5.32 Å². The first kappa shape index (κ1) is 20.3. The van der Waals surface area contributed by atoms with Crippen LogP contribution in [0.2, 0.25) is 5.02 Å². The molecule has 0 aliphatic heterocycles. The SMILES string of the molecule is Cc1ccc(Cl)c(O[C@H](C)C(=O)NC[C@H](O)C(=O)OC(C)(C)C)c1. The molecule has 1 aromatic rings. The van der Waals surface area contributed by atoms with Crippen molar-refractivity contribution in [2.24, 2.45) is 0 Å². The predicted molar refractivity (Wildman–Crippen MR) is 91.1 cm³/mol. The Labute approximate surface area is 147 Å². The number of carbonyl (C=O) groups is 2. The maximum atomic E-state index is 12.0. The molecule has 1 amide bonds. The Morgan fingerprint density at radius 1 is 1.33 bits per heavy atom. The number of carbonyl (C=O) groups excluding carboxylic acids is 2. The summed E-state index contributed by atoms with van der Waals surface area (Å²) in [5, 5.41) is 12.6. The molecular weight excluding hydrogens is 334 g/mol. The van der Waals surface area contributed by atoms with Gasteiger partial charge in [0.15, 0.2) is 12.2 Å². The zero-order valence-electron chi connectivity index (χ0n) is 14.6. The first-order valence-corrected chi connectivity index (χ1v) is 7.99. The fourth-order valence-corrected chi connectivity index (χ4v) is 1.90. The summed E-state index contributed by atoms with van der Waals surface area (Å²) in [5.41, 5.74) is 0.239. The summed E-state index contributed by atoms with van der Waals surface area (Å²) in [5.74, 6) is -0.875. The topological polar surface area (TPSA) is 84.9 Å². The molecule has 0 bridgehead atoms. The number of benzene rings is 1. The molecular formula is C17H24ClNO5. The second-order valence-electron chi connectivity index (χ2n) is 6.49. The van der Waals surface area contributed by atoms with Crippen LogP contribution in [0.3, 0.4) is 0 Å². The molecule has 0 saturated heterocycles. The van der Waals surface area contributed by atoms with Gasteiger partial charge in [-0.3, -0.25) is 4.79 Å². The summed E-state index contributed by atoms with van der Waals surface area (Å²) in [6.07, 6.45) is -2.28. The molecule has 0 fully saturated rings. The minimum Gasteiger partial charge on any atom is -0.479 e. The van der Waals surface area contributed by atoms with Gasteiger partial charge in [0.05, 0.1) is 11.6 Å². The highest BCUT2D eigenvalue weighted by Gasteiger charge is 2.25. The number of aliphatic hydroxyl groups excluding tert-OH is 1. The van der Waals surface area contributed by atoms with E-state index in [0.717, 1.165) is 5.56 Å². The molecule has 2 N–H and O–H groups in total. The van der Waals surface area contributed by atoms with E-state index in [0.29, 0.717) is 10.8 Å². The molecule has 1 rings (SSSR count). The number of nitrogens with one attached hydrogen (secondary N) is 1. The van der Waals surface area contributed by atoms with Gasteiger partial charge in [-0.05, 0) is 52.3 Å². The molecule has 6 nitrogen and oxygen atoms in total. The summed E-state index contributed by atoms with van der Waals surface area (Å²) in [4.78, 5) is 23.7. The minimum atomic E-state index is -1.44. The number of halogens is 1. The molecule has 0 aromatic heterocycles. The molecule has 0 radical (unpaired) electrons. The summed E-state index contributed by atoms with van der Waals surface area (Å²) in [6.45, 7) is 8.25. The minimum absolute atomic E-state index is 0.261. The largest absolute Gasteiger partial charge is 0.479 e. The molecule has 0 heterocycles. The summed E-state index contributed by atoms with van der Waals surface area (Å²) < 4.78 is 10.5. The number of aliphatic hydroxyl groups is 1. The lowest BCUT2D eigenvalue weighted by Gasteiger charge is -2.22. The lowest BCUT2D eigenvalue weighted by molar-refractivity contribution is -0.164. The van der Waals surface area contributed by atoms with Crippen LogP contribution >= 0.6 is 11.6 Å². The van der Waals surface area contributed by atoms with E-state index < -0.39 is 29.7 Å². The number of aryl methyl sites for hydroxylation is 1. The predicted octanol–water partition coefficient (Wildman–Crippen LogP) is 2.23. The molecule has 0 unspecified atom stereocenters. The zero-order chi connectivity index (χ0) is 18.5. The number of amides is 1. The highest BCUT2D eigenvalue weighted by Crippen LogP contribution is 2.26. The molecule has 0 saturated carbocycles. The lowest BCUT2D eigenvalue weighted by Crippen LogP contribution is -2.44. The van der Waals surface area contributed by atoms with Crippen molar-refractivity contribution in [2.75, 3.05) is 6.54 Å². The Kier molecular flexibility index (Phi) is 7.05. The van der Waals surface area contributed by atoms with Crippen molar-refractivity contribution in [1.29, 1.82) is 0 Å². The third-order valence-electron chi connectivity index (χ3n) is 2.91. The standard InChI is InChI=1S/C17H24ClNO5/c1-10-6-7-12(18)14(8-10)23-11(2)15(21)19-9-13(20)16(22)24-17(3,4)5/h6-8,11,13,20H,9H2,1-5H3,(H,19,21)/t11-,13+/m1/s1. The van der Waals surface area contributed by atoms with Crippen LogP contribution in [0.5, 0.6) is 5.75 Å². The van der Waals surface area contributed by atoms with Crippen LogP contribution in [-0.2, 0) is 14.3 Å². The Bertz CT molecular complexity index is 597. The number of hydrogen-bond acceptors (Lipinski definition) is 5. The fraction of sp³-hybridized carbons (Fsp3) is 0.529. The Morgan fingerprint density at radius 3 is 2.54 bits per heavy atom. The molecule has 134 valence electrons. The van der Waals surface area contributed by atoms with Crippen LogP contribution in [0.25, 0.3) is 0 Å². The van der Waals surface area contributed by atoms with Crippen LogP contribution in [0.4, 0.5) is 0 Å². The maximum absolute atomic E-state index is 12.0. The number of hydrogen-bond donors (Lipinski definition) is 2. The molecule has 1 aromatic carbocycles. The van der Waals surface area contributed by atoms with Gasteiger partial charge in [-0.25, -0.2) is 4.79 Å². The van der Waals surface area contributed by atoms with Crippen LogP contribution in [0.15, 0.2) is 18.2 Å². The van der Waals surface area contributed by atoms with Gasteiger partial charge in [0.25, 0.3) is 5.91 Å². The highest BCUT2D eigenvalue weighted by atomic mass is 35.5. The lowest BCUT2D eigenvalue weighted by atomic mass is 10.2. The van der Waals surface area contributed by atoms with E-state index in [1.165, 1.54) is 0 Å². The van der Waals surface area contributed by atoms with E-state index in [4.69, 9.17) is 21.1 Å². The van der Waals surface area contributed by atoms with Crippen LogP contribution in [0.1, 0.15) is 33.3 Å². The van der Waals surface area contributed by atoms with Crippen LogP contribution < -0.4 is 10.1 Å². The van der Waals surface area contributed by atoms with Gasteiger partial charge in [0.1, 0.15) is 11.4 Å². The normalized spacial score (nSPS) is 13.8. The van der Waals surface area contributed by atoms with Crippen molar-refractivity contribution in [3.8, 4) is 5.75 Å². The quantitative estimate of drug-likeness (QED) is 0.763. The summed E-state index contributed by atoms with van der Waals surface area (Å²) >= 11 is 6.02. The van der Waals surface area contributed by atoms with E-state index in [-0.39, 0.29) is 6.54 Å². The van der Waals surface area contributed by atoms with Crippen molar-refractivity contribution in [2.45, 2.75) is 52.4 Å².